The van der Waals surface area contributed by atoms with Crippen LogP contribution >= 0.6 is 15.9 Å². The molecule has 0 amide bonds. The second-order valence-electron chi connectivity index (χ2n) is 7.98. The number of aromatic nitrogens is 2. The van der Waals surface area contributed by atoms with Crippen LogP contribution in [0.4, 0.5) is 15.9 Å². The average Bonchev–Trinajstić information content (AvgIpc) is 3.40. The number of methoxy groups -OCH3 is 1. The van der Waals surface area contributed by atoms with Crippen molar-refractivity contribution in [3.8, 4) is 11.5 Å². The lowest BCUT2D eigenvalue weighted by Crippen LogP contribution is -2.26. The van der Waals surface area contributed by atoms with E-state index in [-0.39, 0.29) is 18.0 Å². The summed E-state index contributed by atoms with van der Waals surface area (Å²) in [5.74, 6) is 1.27. The Labute approximate surface area is 199 Å². The number of hydrogen-bond donors (Lipinski definition) is 1. The number of nitrogens with one attached hydrogen (secondary N) is 1. The zero-order valence-corrected chi connectivity index (χ0v) is 19.7. The third-order valence-corrected chi connectivity index (χ3v) is 6.33. The highest BCUT2D eigenvalue weighted by Crippen LogP contribution is 2.35. The Balaban J connectivity index is 1.26. The van der Waals surface area contributed by atoms with Crippen LogP contribution in [0, 0.1) is 5.82 Å². The van der Waals surface area contributed by atoms with Gasteiger partial charge in [0.15, 0.2) is 11.5 Å². The molecular weight excluding hydrogens is 495 g/mol. The van der Waals surface area contributed by atoms with Crippen molar-refractivity contribution < 1.29 is 23.3 Å². The maximum Gasteiger partial charge on any atom is 0.163 e. The van der Waals surface area contributed by atoms with Crippen molar-refractivity contribution in [1.29, 1.82) is 0 Å². The standard InChI is InChI=1S/C23H24BrFN4O4/c1-30-19-8-15-18(26-12-27-23(15)28-17-4-3-14(24)7-16(17)25)9-20(19)31-6-2-5-29-10-21-22(11-29)33-13-32-21/h3-4,7-9,12,21-22H,2,5-6,10-11,13H2,1H3,(H,26,27,28)/t21-,22+. The van der Waals surface area contributed by atoms with Gasteiger partial charge in [-0.2, -0.15) is 0 Å². The van der Waals surface area contributed by atoms with E-state index in [1.54, 1.807) is 25.3 Å². The van der Waals surface area contributed by atoms with E-state index in [2.05, 4.69) is 36.1 Å². The van der Waals surface area contributed by atoms with Crippen LogP contribution in [-0.2, 0) is 9.47 Å². The molecule has 0 radical (unpaired) electrons. The highest BCUT2D eigenvalue weighted by atomic mass is 79.9. The summed E-state index contributed by atoms with van der Waals surface area (Å²) in [7, 11) is 1.59. The van der Waals surface area contributed by atoms with Crippen molar-refractivity contribution in [3.05, 3.63) is 46.9 Å². The van der Waals surface area contributed by atoms with E-state index >= 15 is 0 Å². The van der Waals surface area contributed by atoms with Gasteiger partial charge in [-0.15, -0.1) is 0 Å². The number of halogens is 2. The van der Waals surface area contributed by atoms with Crippen LogP contribution in [0.1, 0.15) is 6.42 Å². The molecule has 0 aliphatic carbocycles. The fourth-order valence-corrected chi connectivity index (χ4v) is 4.49. The number of ether oxygens (including phenoxy) is 4. The van der Waals surface area contributed by atoms with Gasteiger partial charge in [0.05, 0.1) is 24.9 Å². The van der Waals surface area contributed by atoms with E-state index in [9.17, 15) is 4.39 Å². The minimum Gasteiger partial charge on any atom is -0.493 e. The Morgan fingerprint density at radius 3 is 2.73 bits per heavy atom. The van der Waals surface area contributed by atoms with Crippen LogP contribution in [0.25, 0.3) is 10.9 Å². The molecule has 2 aromatic carbocycles. The summed E-state index contributed by atoms with van der Waals surface area (Å²) in [6.45, 7) is 3.65. The smallest absolute Gasteiger partial charge is 0.163 e. The number of anilines is 2. The molecule has 174 valence electrons. The number of hydrogen-bond acceptors (Lipinski definition) is 8. The van der Waals surface area contributed by atoms with Crippen molar-refractivity contribution in [2.75, 3.05) is 45.5 Å². The summed E-state index contributed by atoms with van der Waals surface area (Å²) >= 11 is 3.27. The fraction of sp³-hybridized carbons (Fsp3) is 0.391. The molecule has 0 bridgehead atoms. The maximum atomic E-state index is 14.3. The minimum absolute atomic E-state index is 0.194. The van der Waals surface area contributed by atoms with Gasteiger partial charge in [-0.25, -0.2) is 14.4 Å². The average molecular weight is 519 g/mol. The Hall–Kier alpha value is -2.53. The third-order valence-electron chi connectivity index (χ3n) is 5.84. The van der Waals surface area contributed by atoms with Crippen LogP contribution in [0.2, 0.25) is 0 Å². The van der Waals surface area contributed by atoms with Gasteiger partial charge in [-0.05, 0) is 30.7 Å². The lowest BCUT2D eigenvalue weighted by molar-refractivity contribution is 0.0149. The van der Waals surface area contributed by atoms with Gasteiger partial charge in [0.2, 0.25) is 0 Å². The van der Waals surface area contributed by atoms with Gasteiger partial charge in [-0.1, -0.05) is 15.9 Å². The summed E-state index contributed by atoms with van der Waals surface area (Å²) in [5.41, 5.74) is 0.988. The molecule has 1 N–H and O–H groups in total. The lowest BCUT2D eigenvalue weighted by atomic mass is 10.2. The molecule has 3 heterocycles. The molecule has 2 aliphatic heterocycles. The minimum atomic E-state index is -0.386. The number of fused-ring (bicyclic) bond motifs is 2. The first kappa shape index (κ1) is 22.3. The van der Waals surface area contributed by atoms with E-state index in [0.717, 1.165) is 26.1 Å². The molecule has 1 aromatic heterocycles. The maximum absolute atomic E-state index is 14.3. The summed E-state index contributed by atoms with van der Waals surface area (Å²) < 4.78 is 37.7. The first-order valence-corrected chi connectivity index (χ1v) is 11.5. The molecule has 2 atom stereocenters. The number of benzene rings is 2. The molecule has 0 unspecified atom stereocenters. The molecule has 10 heteroatoms. The van der Waals surface area contributed by atoms with E-state index in [4.69, 9.17) is 18.9 Å². The molecule has 0 spiro atoms. The first-order chi connectivity index (χ1) is 16.1. The third kappa shape index (κ3) is 4.89. The Morgan fingerprint density at radius 1 is 1.15 bits per heavy atom. The van der Waals surface area contributed by atoms with Gasteiger partial charge in [0.1, 0.15) is 37.0 Å². The molecule has 33 heavy (non-hydrogen) atoms. The molecule has 2 fully saturated rings. The highest BCUT2D eigenvalue weighted by Gasteiger charge is 2.38. The van der Waals surface area contributed by atoms with E-state index in [1.807, 2.05) is 6.07 Å². The van der Waals surface area contributed by atoms with Crippen LogP contribution in [0.15, 0.2) is 41.1 Å². The second-order valence-corrected chi connectivity index (χ2v) is 8.90. The quantitative estimate of drug-likeness (QED) is 0.446. The van der Waals surface area contributed by atoms with Crippen LogP contribution in [-0.4, -0.2) is 67.2 Å². The van der Waals surface area contributed by atoms with Crippen molar-refractivity contribution in [2.45, 2.75) is 18.6 Å². The van der Waals surface area contributed by atoms with Crippen molar-refractivity contribution in [2.24, 2.45) is 0 Å². The molecule has 0 saturated carbocycles. The van der Waals surface area contributed by atoms with Gasteiger partial charge in [0, 0.05) is 35.6 Å². The Morgan fingerprint density at radius 2 is 1.97 bits per heavy atom. The molecular formula is C23H24BrFN4O4. The summed E-state index contributed by atoms with van der Waals surface area (Å²) in [5, 5.41) is 3.75. The number of likely N-dealkylation sites (tertiary alicyclic amines) is 1. The van der Waals surface area contributed by atoms with E-state index < -0.39 is 0 Å². The SMILES string of the molecule is COc1cc2c(Nc3ccc(Br)cc3F)ncnc2cc1OCCCN1C[C@@H]2OCO[C@@H]2C1. The van der Waals surface area contributed by atoms with Crippen molar-refractivity contribution in [1.82, 2.24) is 14.9 Å². The second kappa shape index (κ2) is 9.76. The van der Waals surface area contributed by atoms with Crippen molar-refractivity contribution >= 4 is 38.3 Å². The molecule has 2 saturated heterocycles. The molecule has 8 nitrogen and oxygen atoms in total. The summed E-state index contributed by atoms with van der Waals surface area (Å²) in [6, 6.07) is 8.43. The van der Waals surface area contributed by atoms with Crippen molar-refractivity contribution in [3.63, 3.8) is 0 Å². The molecule has 3 aromatic rings. The van der Waals surface area contributed by atoms with Gasteiger partial charge in [0.25, 0.3) is 0 Å². The van der Waals surface area contributed by atoms with E-state index in [1.165, 1.54) is 12.4 Å². The van der Waals surface area contributed by atoms with Crippen LogP contribution < -0.4 is 14.8 Å². The Kier molecular flexibility index (Phi) is 6.59. The number of nitrogens with zero attached hydrogens (tertiary/aromatic N) is 3. The molecule has 2 aliphatic rings. The normalized spacial score (nSPS) is 20.2. The topological polar surface area (TPSA) is 78.0 Å². The first-order valence-electron chi connectivity index (χ1n) is 10.7. The monoisotopic (exact) mass is 518 g/mol. The summed E-state index contributed by atoms with van der Waals surface area (Å²) in [4.78, 5) is 11.0. The fourth-order valence-electron chi connectivity index (χ4n) is 4.16. The van der Waals surface area contributed by atoms with Gasteiger partial charge < -0.3 is 24.3 Å². The predicted octanol–water partition coefficient (Wildman–Crippen LogP) is 4.11. The van der Waals surface area contributed by atoms with E-state index in [0.29, 0.717) is 51.8 Å². The predicted molar refractivity (Wildman–Crippen MR) is 125 cm³/mol. The zero-order valence-electron chi connectivity index (χ0n) is 18.1. The Bertz CT molecular complexity index is 1140. The van der Waals surface area contributed by atoms with Gasteiger partial charge >= 0.3 is 0 Å². The van der Waals surface area contributed by atoms with Gasteiger partial charge in [-0.3, -0.25) is 4.90 Å². The lowest BCUT2D eigenvalue weighted by Gasteiger charge is -2.17. The highest BCUT2D eigenvalue weighted by molar-refractivity contribution is 9.10. The van der Waals surface area contributed by atoms with Crippen LogP contribution in [0.3, 0.4) is 0 Å². The van der Waals surface area contributed by atoms with Crippen LogP contribution in [0.5, 0.6) is 11.5 Å². The molecule has 5 rings (SSSR count). The zero-order chi connectivity index (χ0) is 22.8. The largest absolute Gasteiger partial charge is 0.493 e. The summed E-state index contributed by atoms with van der Waals surface area (Å²) in [6.07, 6.45) is 2.69. The number of rotatable bonds is 8.